The summed E-state index contributed by atoms with van der Waals surface area (Å²) in [6, 6.07) is 67.4. The highest BCUT2D eigenvalue weighted by Gasteiger charge is 2.41. The van der Waals surface area contributed by atoms with Crippen molar-refractivity contribution in [1.82, 2.24) is 4.57 Å². The molecule has 0 saturated carbocycles. The summed E-state index contributed by atoms with van der Waals surface area (Å²) in [7, 11) is -2.78. The van der Waals surface area contributed by atoms with Crippen molar-refractivity contribution >= 4 is 62.0 Å². The molecule has 0 radical (unpaired) electrons. The van der Waals surface area contributed by atoms with Crippen LogP contribution in [-0.4, -0.2) is 12.6 Å². The number of nitriles is 1. The molecule has 1 N–H and O–H groups in total. The molecule has 0 aliphatic heterocycles. The Hall–Kier alpha value is -6.15. The van der Waals surface area contributed by atoms with E-state index in [-0.39, 0.29) is 0 Å². The van der Waals surface area contributed by atoms with Crippen LogP contribution in [0.15, 0.2) is 182 Å². The highest BCUT2D eigenvalue weighted by molar-refractivity contribution is 7.20. The monoisotopic (exact) mass is 617 g/mol. The molecule has 8 rings (SSSR count). The molecular formula is C43H31N3Si. The van der Waals surface area contributed by atoms with Crippen molar-refractivity contribution < 1.29 is 0 Å². The molecular weight excluding hydrogens is 587 g/mol. The smallest absolute Gasteiger partial charge is 0.179 e. The van der Waals surface area contributed by atoms with Gasteiger partial charge in [-0.25, -0.2) is 0 Å². The number of nitrogens with zero attached hydrogens (tertiary/aromatic N) is 2. The van der Waals surface area contributed by atoms with Crippen LogP contribution in [0.5, 0.6) is 0 Å². The van der Waals surface area contributed by atoms with E-state index in [0.29, 0.717) is 5.56 Å². The summed E-state index contributed by atoms with van der Waals surface area (Å²) in [5.74, 6) is 0. The van der Waals surface area contributed by atoms with Gasteiger partial charge < -0.3 is 9.88 Å². The molecule has 0 atom stereocenters. The van der Waals surface area contributed by atoms with Gasteiger partial charge in [-0.15, -0.1) is 0 Å². The summed E-state index contributed by atoms with van der Waals surface area (Å²) >= 11 is 0. The van der Waals surface area contributed by atoms with Gasteiger partial charge in [-0.05, 0) is 81.4 Å². The molecule has 222 valence electrons. The number of para-hydroxylation sites is 2. The van der Waals surface area contributed by atoms with Crippen LogP contribution in [0.25, 0.3) is 27.5 Å². The predicted molar refractivity (Wildman–Crippen MR) is 199 cm³/mol. The molecule has 7 aromatic carbocycles. The first-order chi connectivity index (χ1) is 23.3. The molecule has 3 nitrogen and oxygen atoms in total. The van der Waals surface area contributed by atoms with E-state index in [1.165, 1.54) is 42.6 Å². The number of hydrogen-bond acceptors (Lipinski definition) is 2. The molecule has 0 saturated heterocycles. The second-order valence-electron chi connectivity index (χ2n) is 11.8. The minimum absolute atomic E-state index is 0.649. The van der Waals surface area contributed by atoms with Crippen LogP contribution >= 0.6 is 0 Å². The lowest BCUT2D eigenvalue weighted by atomic mass is 10.1. The summed E-state index contributed by atoms with van der Waals surface area (Å²) < 4.78 is 2.38. The Bertz CT molecular complexity index is 2320. The van der Waals surface area contributed by atoms with Crippen molar-refractivity contribution in [3.63, 3.8) is 0 Å². The summed E-state index contributed by atoms with van der Waals surface area (Å²) in [5.41, 5.74) is 6.17. The van der Waals surface area contributed by atoms with Gasteiger partial charge in [0.2, 0.25) is 0 Å². The predicted octanol–water partition coefficient (Wildman–Crippen LogP) is 7.78. The molecule has 0 amide bonds. The van der Waals surface area contributed by atoms with E-state index in [1.54, 1.807) is 0 Å². The average Bonchev–Trinajstić information content (AvgIpc) is 3.48. The number of aromatic nitrogens is 1. The molecule has 0 aliphatic carbocycles. The molecule has 1 heterocycles. The summed E-state index contributed by atoms with van der Waals surface area (Å²) in [5, 5.41) is 20.6. The van der Waals surface area contributed by atoms with Crippen LogP contribution in [0.2, 0.25) is 0 Å². The minimum Gasteiger partial charge on any atom is -0.356 e. The number of fused-ring (bicyclic) bond motifs is 3. The van der Waals surface area contributed by atoms with Crippen LogP contribution in [0.1, 0.15) is 5.56 Å². The van der Waals surface area contributed by atoms with Crippen molar-refractivity contribution in [1.29, 1.82) is 5.26 Å². The molecule has 0 fully saturated rings. The first kappa shape index (κ1) is 28.3. The topological polar surface area (TPSA) is 40.8 Å². The number of anilines is 2. The first-order valence-electron chi connectivity index (χ1n) is 15.8. The molecule has 4 heteroatoms. The molecule has 1 aromatic heterocycles. The van der Waals surface area contributed by atoms with Gasteiger partial charge in [0, 0.05) is 27.8 Å². The number of hydrogen-bond donors (Lipinski definition) is 1. The van der Waals surface area contributed by atoms with Gasteiger partial charge in [-0.3, -0.25) is 0 Å². The Morgan fingerprint density at radius 1 is 0.447 bits per heavy atom. The quantitative estimate of drug-likeness (QED) is 0.147. The summed E-state index contributed by atoms with van der Waals surface area (Å²) in [6.45, 7) is 0. The zero-order chi connectivity index (χ0) is 31.6. The third-order valence-electron chi connectivity index (χ3n) is 9.15. The zero-order valence-electron chi connectivity index (χ0n) is 25.7. The zero-order valence-corrected chi connectivity index (χ0v) is 26.7. The van der Waals surface area contributed by atoms with E-state index in [1.807, 2.05) is 24.3 Å². The lowest BCUT2D eigenvalue weighted by Gasteiger charge is -2.34. The van der Waals surface area contributed by atoms with E-state index in [2.05, 4.69) is 174 Å². The third kappa shape index (κ3) is 4.91. The molecule has 47 heavy (non-hydrogen) atoms. The second kappa shape index (κ2) is 12.0. The van der Waals surface area contributed by atoms with E-state index < -0.39 is 8.07 Å². The molecule has 0 bridgehead atoms. The Labute approximate surface area is 275 Å². The van der Waals surface area contributed by atoms with Crippen LogP contribution in [0, 0.1) is 11.3 Å². The Kier molecular flexibility index (Phi) is 7.22. The number of benzene rings is 7. The maximum atomic E-state index is 9.20. The fourth-order valence-electron chi connectivity index (χ4n) is 7.04. The second-order valence-corrected chi connectivity index (χ2v) is 15.6. The number of nitrogens with one attached hydrogen (secondary N) is 1. The number of rotatable bonds is 7. The van der Waals surface area contributed by atoms with Gasteiger partial charge in [0.1, 0.15) is 0 Å². The highest BCUT2D eigenvalue weighted by atomic mass is 28.3. The van der Waals surface area contributed by atoms with Crippen LogP contribution in [0.4, 0.5) is 11.4 Å². The van der Waals surface area contributed by atoms with Crippen molar-refractivity contribution in [2.45, 2.75) is 0 Å². The SMILES string of the molecule is N#Cc1ccc(Nc2ccc([Si](c3ccccc3)(c3ccccc3)c3ccc4c(c3)c3ccccc3n4-c3ccccc3)cc2)cc1. The van der Waals surface area contributed by atoms with Gasteiger partial charge in [-0.1, -0.05) is 121 Å². The van der Waals surface area contributed by atoms with E-state index in [9.17, 15) is 5.26 Å². The van der Waals surface area contributed by atoms with Crippen molar-refractivity contribution in [3.05, 3.63) is 188 Å². The fraction of sp³-hybridized carbons (Fsp3) is 0. The van der Waals surface area contributed by atoms with Crippen LogP contribution in [0.3, 0.4) is 0 Å². The van der Waals surface area contributed by atoms with E-state index in [0.717, 1.165) is 17.1 Å². The van der Waals surface area contributed by atoms with E-state index in [4.69, 9.17) is 0 Å². The Morgan fingerprint density at radius 3 is 1.55 bits per heavy atom. The molecule has 0 aliphatic rings. The fourth-order valence-corrected chi connectivity index (χ4v) is 11.8. The average molecular weight is 618 g/mol. The van der Waals surface area contributed by atoms with E-state index >= 15 is 0 Å². The molecule has 0 spiro atoms. The third-order valence-corrected chi connectivity index (χ3v) is 13.9. The Morgan fingerprint density at radius 2 is 0.936 bits per heavy atom. The van der Waals surface area contributed by atoms with Crippen molar-refractivity contribution in [2.75, 3.05) is 5.32 Å². The first-order valence-corrected chi connectivity index (χ1v) is 17.8. The maximum Gasteiger partial charge on any atom is 0.179 e. The summed E-state index contributed by atoms with van der Waals surface area (Å²) in [6.07, 6.45) is 0. The lowest BCUT2D eigenvalue weighted by molar-refractivity contribution is 1.18. The lowest BCUT2D eigenvalue weighted by Crippen LogP contribution is -2.74. The van der Waals surface area contributed by atoms with Gasteiger partial charge in [0.15, 0.2) is 8.07 Å². The van der Waals surface area contributed by atoms with Crippen molar-refractivity contribution in [3.8, 4) is 11.8 Å². The van der Waals surface area contributed by atoms with Gasteiger partial charge in [0.05, 0.1) is 22.7 Å². The normalized spacial score (nSPS) is 11.4. The largest absolute Gasteiger partial charge is 0.356 e. The summed E-state index contributed by atoms with van der Waals surface area (Å²) in [4.78, 5) is 0. The molecule has 0 unspecified atom stereocenters. The van der Waals surface area contributed by atoms with Crippen LogP contribution in [-0.2, 0) is 0 Å². The van der Waals surface area contributed by atoms with Gasteiger partial charge in [-0.2, -0.15) is 5.26 Å². The standard InChI is InChI=1S/C43H31N3Si/c44-31-32-20-22-33(23-21-32)45-34-24-26-38(27-25-34)47(36-14-6-2-7-15-36,37-16-8-3-9-17-37)39-28-29-43-41(30-39)40-18-10-11-19-42(40)46(43)35-12-4-1-5-13-35/h1-30,45H. The molecule has 8 aromatic rings. The maximum absolute atomic E-state index is 9.20. The highest BCUT2D eigenvalue weighted by Crippen LogP contribution is 2.32. The van der Waals surface area contributed by atoms with Gasteiger partial charge >= 0.3 is 0 Å². The van der Waals surface area contributed by atoms with Crippen LogP contribution < -0.4 is 26.1 Å². The Balaban J connectivity index is 1.36. The van der Waals surface area contributed by atoms with Gasteiger partial charge in [0.25, 0.3) is 0 Å². The van der Waals surface area contributed by atoms with Crippen molar-refractivity contribution in [2.24, 2.45) is 0 Å². The minimum atomic E-state index is -2.78.